The van der Waals surface area contributed by atoms with Gasteiger partial charge in [-0.3, -0.25) is 9.69 Å². The summed E-state index contributed by atoms with van der Waals surface area (Å²) in [6, 6.07) is 18.8. The number of allylic oxidation sites excluding steroid dienone is 1. The third-order valence-corrected chi connectivity index (χ3v) is 3.18. The molecule has 3 heteroatoms. The molecule has 1 amide bonds. The Bertz CT molecular complexity index is 699. The number of amides is 1. The molecule has 0 atom stereocenters. The summed E-state index contributed by atoms with van der Waals surface area (Å²) in [6.45, 7) is 6.18. The fourth-order valence-electron chi connectivity index (χ4n) is 2.16. The molecule has 0 heterocycles. The van der Waals surface area contributed by atoms with E-state index in [1.807, 2.05) is 61.5 Å². The second kappa shape index (κ2) is 6.53. The summed E-state index contributed by atoms with van der Waals surface area (Å²) in [4.78, 5) is 13.5. The summed E-state index contributed by atoms with van der Waals surface area (Å²) in [5.74, 6) is -0.576. The zero-order valence-electron chi connectivity index (χ0n) is 11.9. The maximum absolute atomic E-state index is 12.0. The van der Waals surface area contributed by atoms with Gasteiger partial charge in [-0.05, 0) is 24.1 Å². The fraction of sp³-hybridized carbons (Fsp3) is 0.111. The molecule has 21 heavy (non-hydrogen) atoms. The molecule has 2 aromatic carbocycles. The van der Waals surface area contributed by atoms with E-state index in [0.29, 0.717) is 12.2 Å². The van der Waals surface area contributed by atoms with E-state index in [9.17, 15) is 4.79 Å². The van der Waals surface area contributed by atoms with E-state index >= 15 is 0 Å². The second-order valence-corrected chi connectivity index (χ2v) is 4.79. The topological polar surface area (TPSA) is 44.1 Å². The Morgan fingerprint density at radius 1 is 1.14 bits per heavy atom. The Balaban J connectivity index is 2.45. The van der Waals surface area contributed by atoms with Crippen molar-refractivity contribution in [2.75, 3.05) is 4.90 Å². The van der Waals surface area contributed by atoms with Crippen molar-refractivity contribution in [3.8, 4) is 6.07 Å². The summed E-state index contributed by atoms with van der Waals surface area (Å²) in [6.07, 6.45) is 0. The lowest BCUT2D eigenvalue weighted by atomic mass is 10.0. The van der Waals surface area contributed by atoms with Crippen LogP contribution in [0.5, 0.6) is 0 Å². The van der Waals surface area contributed by atoms with Crippen molar-refractivity contribution in [3.63, 3.8) is 0 Å². The van der Waals surface area contributed by atoms with Crippen LogP contribution in [0.3, 0.4) is 0 Å². The molecule has 0 fully saturated rings. The zero-order valence-corrected chi connectivity index (χ0v) is 11.9. The molecule has 2 rings (SSSR count). The highest BCUT2D eigenvalue weighted by Gasteiger charge is 2.18. The molecule has 0 aliphatic carbocycles. The predicted octanol–water partition coefficient (Wildman–Crippen LogP) is 3.78. The maximum atomic E-state index is 12.0. The Hall–Kier alpha value is -2.86. The minimum absolute atomic E-state index is 0.359. The Morgan fingerprint density at radius 2 is 1.76 bits per heavy atom. The van der Waals surface area contributed by atoms with Gasteiger partial charge in [0.25, 0.3) is 0 Å². The number of nitriles is 1. The molecule has 0 aromatic heterocycles. The van der Waals surface area contributed by atoms with Crippen molar-refractivity contribution in [3.05, 3.63) is 72.3 Å². The Kier molecular flexibility index (Phi) is 4.53. The van der Waals surface area contributed by atoms with Gasteiger partial charge in [0.1, 0.15) is 0 Å². The van der Waals surface area contributed by atoms with Crippen molar-refractivity contribution >= 4 is 17.2 Å². The van der Waals surface area contributed by atoms with Crippen LogP contribution in [0.4, 0.5) is 5.69 Å². The van der Waals surface area contributed by atoms with Gasteiger partial charge in [0.2, 0.25) is 0 Å². The van der Waals surface area contributed by atoms with E-state index < -0.39 is 5.91 Å². The van der Waals surface area contributed by atoms with Crippen LogP contribution in [0, 0.1) is 11.3 Å². The third kappa shape index (κ3) is 3.37. The molecular weight excluding hydrogens is 260 g/mol. The molecule has 3 nitrogen and oxygen atoms in total. The molecule has 0 spiro atoms. The number of carbonyl (C=O) groups excluding carboxylic acids is 1. The minimum atomic E-state index is -0.576. The van der Waals surface area contributed by atoms with Crippen LogP contribution in [0.25, 0.3) is 5.57 Å². The molecule has 0 bridgehead atoms. The number of para-hydroxylation sites is 1. The Morgan fingerprint density at radius 3 is 2.38 bits per heavy atom. The highest BCUT2D eigenvalue weighted by atomic mass is 16.2. The first-order chi connectivity index (χ1) is 10.1. The molecule has 0 unspecified atom stereocenters. The number of hydrogen-bond acceptors (Lipinski definition) is 2. The first-order valence-corrected chi connectivity index (χ1v) is 6.64. The highest BCUT2D eigenvalue weighted by molar-refractivity contribution is 6.05. The zero-order chi connectivity index (χ0) is 15.2. The molecule has 0 aliphatic heterocycles. The average Bonchev–Trinajstić information content (AvgIpc) is 2.53. The van der Waals surface area contributed by atoms with E-state index in [0.717, 1.165) is 16.7 Å². The van der Waals surface area contributed by atoms with Gasteiger partial charge >= 0.3 is 5.91 Å². The van der Waals surface area contributed by atoms with Crippen molar-refractivity contribution in [1.82, 2.24) is 0 Å². The van der Waals surface area contributed by atoms with E-state index in [4.69, 9.17) is 5.26 Å². The SMILES string of the molecule is C=C(C)c1ccccc1N(Cc1ccccc1)C(=O)C#N. The fourth-order valence-corrected chi connectivity index (χ4v) is 2.16. The summed E-state index contributed by atoms with van der Waals surface area (Å²) < 4.78 is 0. The van der Waals surface area contributed by atoms with Crippen LogP contribution in [0.2, 0.25) is 0 Å². The van der Waals surface area contributed by atoms with Gasteiger partial charge in [0, 0.05) is 5.56 Å². The van der Waals surface area contributed by atoms with E-state index in [1.165, 1.54) is 4.90 Å². The van der Waals surface area contributed by atoms with Gasteiger partial charge in [0.15, 0.2) is 6.07 Å². The molecule has 0 aliphatic rings. The van der Waals surface area contributed by atoms with Crippen LogP contribution in [-0.4, -0.2) is 5.91 Å². The number of nitrogens with zero attached hydrogens (tertiary/aromatic N) is 2. The van der Waals surface area contributed by atoms with Crippen molar-refractivity contribution in [2.24, 2.45) is 0 Å². The molecule has 104 valence electrons. The first kappa shape index (κ1) is 14.5. The van der Waals surface area contributed by atoms with Gasteiger partial charge in [-0.15, -0.1) is 0 Å². The second-order valence-electron chi connectivity index (χ2n) is 4.79. The predicted molar refractivity (Wildman–Crippen MR) is 84.4 cm³/mol. The number of benzene rings is 2. The third-order valence-electron chi connectivity index (χ3n) is 3.18. The van der Waals surface area contributed by atoms with Gasteiger partial charge in [-0.25, -0.2) is 0 Å². The van der Waals surface area contributed by atoms with Crippen molar-refractivity contribution in [1.29, 1.82) is 5.26 Å². The molecule has 2 aromatic rings. The summed E-state index contributed by atoms with van der Waals surface area (Å²) >= 11 is 0. The quantitative estimate of drug-likeness (QED) is 0.798. The lowest BCUT2D eigenvalue weighted by molar-refractivity contribution is -0.113. The van der Waals surface area contributed by atoms with Crippen LogP contribution < -0.4 is 4.90 Å². The first-order valence-electron chi connectivity index (χ1n) is 6.64. The normalized spacial score (nSPS) is 9.71. The average molecular weight is 276 g/mol. The van der Waals surface area contributed by atoms with Gasteiger partial charge < -0.3 is 0 Å². The standard InChI is InChI=1S/C18H16N2O/c1-14(2)16-10-6-7-11-17(16)20(18(21)12-19)13-15-8-4-3-5-9-15/h3-11H,1,13H2,2H3. The highest BCUT2D eigenvalue weighted by Crippen LogP contribution is 2.27. The maximum Gasteiger partial charge on any atom is 0.329 e. The molecule has 0 saturated heterocycles. The summed E-state index contributed by atoms with van der Waals surface area (Å²) in [7, 11) is 0. The minimum Gasteiger partial charge on any atom is -0.295 e. The van der Waals surface area contributed by atoms with Crippen LogP contribution in [-0.2, 0) is 11.3 Å². The molecule has 0 N–H and O–H groups in total. The van der Waals surface area contributed by atoms with Crippen LogP contribution >= 0.6 is 0 Å². The summed E-state index contributed by atoms with van der Waals surface area (Å²) in [5.41, 5.74) is 3.41. The Labute approximate surface area is 124 Å². The number of hydrogen-bond donors (Lipinski definition) is 0. The van der Waals surface area contributed by atoms with Crippen LogP contribution in [0.1, 0.15) is 18.1 Å². The van der Waals surface area contributed by atoms with E-state index in [1.54, 1.807) is 6.07 Å². The van der Waals surface area contributed by atoms with Gasteiger partial charge in [-0.1, -0.05) is 55.1 Å². The van der Waals surface area contributed by atoms with Crippen molar-refractivity contribution < 1.29 is 4.79 Å². The van der Waals surface area contributed by atoms with E-state index in [-0.39, 0.29) is 0 Å². The van der Waals surface area contributed by atoms with Crippen molar-refractivity contribution in [2.45, 2.75) is 13.5 Å². The van der Waals surface area contributed by atoms with Gasteiger partial charge in [0.05, 0.1) is 12.2 Å². The monoisotopic (exact) mass is 276 g/mol. The smallest absolute Gasteiger partial charge is 0.295 e. The number of anilines is 1. The molecular formula is C18H16N2O. The van der Waals surface area contributed by atoms with E-state index in [2.05, 4.69) is 6.58 Å². The largest absolute Gasteiger partial charge is 0.329 e. The number of rotatable bonds is 4. The van der Waals surface area contributed by atoms with Crippen LogP contribution in [0.15, 0.2) is 61.2 Å². The van der Waals surface area contributed by atoms with Gasteiger partial charge in [-0.2, -0.15) is 5.26 Å². The summed E-state index contributed by atoms with van der Waals surface area (Å²) in [5, 5.41) is 9.01. The lowest BCUT2D eigenvalue weighted by Crippen LogP contribution is -2.29. The lowest BCUT2D eigenvalue weighted by Gasteiger charge is -2.23. The number of carbonyl (C=O) groups is 1. The molecule has 0 saturated carbocycles. The molecule has 0 radical (unpaired) electrons.